The van der Waals surface area contributed by atoms with Crippen molar-refractivity contribution in [3.8, 4) is 0 Å². The summed E-state index contributed by atoms with van der Waals surface area (Å²) in [7, 11) is 0. The first-order valence-corrected chi connectivity index (χ1v) is 7.63. The summed E-state index contributed by atoms with van der Waals surface area (Å²) in [6, 6.07) is 4.44. The Bertz CT molecular complexity index is 445. The van der Waals surface area contributed by atoms with Gasteiger partial charge in [-0.25, -0.2) is 0 Å². The van der Waals surface area contributed by atoms with E-state index in [0.29, 0.717) is 5.41 Å². The van der Waals surface area contributed by atoms with Crippen LogP contribution in [0.3, 0.4) is 0 Å². The van der Waals surface area contributed by atoms with Gasteiger partial charge in [-0.3, -0.25) is 0 Å². The molecule has 98 valence electrons. The van der Waals surface area contributed by atoms with Crippen molar-refractivity contribution in [3.63, 3.8) is 0 Å². The van der Waals surface area contributed by atoms with Gasteiger partial charge in [-0.1, -0.05) is 11.6 Å². The minimum atomic E-state index is 0.482. The van der Waals surface area contributed by atoms with Crippen LogP contribution >= 0.6 is 11.3 Å². The molecule has 0 aromatic carbocycles. The first-order valence-electron chi connectivity index (χ1n) is 6.82. The van der Waals surface area contributed by atoms with Gasteiger partial charge in [0.25, 0.3) is 0 Å². The second-order valence-corrected chi connectivity index (χ2v) is 6.82. The molecule has 3 rings (SSSR count). The second-order valence-electron chi connectivity index (χ2n) is 5.45. The van der Waals surface area contributed by atoms with Crippen molar-refractivity contribution in [2.45, 2.75) is 32.7 Å². The van der Waals surface area contributed by atoms with Crippen LogP contribution in [0.15, 0.2) is 23.8 Å². The highest BCUT2D eigenvalue weighted by Crippen LogP contribution is 2.52. The molecule has 0 amide bonds. The van der Waals surface area contributed by atoms with E-state index in [-0.39, 0.29) is 0 Å². The Morgan fingerprint density at radius 3 is 2.89 bits per heavy atom. The van der Waals surface area contributed by atoms with Gasteiger partial charge in [0.2, 0.25) is 0 Å². The molecule has 1 N–H and O–H groups in total. The largest absolute Gasteiger partial charge is 0.377 e. The summed E-state index contributed by atoms with van der Waals surface area (Å²) >= 11 is 1.90. The van der Waals surface area contributed by atoms with Crippen LogP contribution in [0.5, 0.6) is 0 Å². The average Bonchev–Trinajstić information content (AvgIpc) is 3.08. The zero-order valence-electron chi connectivity index (χ0n) is 11.0. The number of ether oxygens (including phenoxy) is 1. The lowest BCUT2D eigenvalue weighted by molar-refractivity contribution is 0.149. The number of thiophene rings is 1. The van der Waals surface area contributed by atoms with E-state index >= 15 is 0 Å². The Hall–Kier alpha value is -0.640. The third-order valence-corrected chi connectivity index (χ3v) is 5.06. The summed E-state index contributed by atoms with van der Waals surface area (Å²) in [4.78, 5) is 2.85. The normalized spacial score (nSPS) is 21.7. The van der Waals surface area contributed by atoms with Crippen molar-refractivity contribution in [2.24, 2.45) is 5.41 Å². The Morgan fingerprint density at radius 1 is 1.39 bits per heavy atom. The summed E-state index contributed by atoms with van der Waals surface area (Å²) in [6.45, 7) is 6.06. The zero-order valence-corrected chi connectivity index (χ0v) is 11.8. The van der Waals surface area contributed by atoms with Gasteiger partial charge in [0.05, 0.1) is 13.2 Å². The van der Waals surface area contributed by atoms with Gasteiger partial charge in [0.15, 0.2) is 0 Å². The van der Waals surface area contributed by atoms with E-state index in [4.69, 9.17) is 4.74 Å². The molecule has 2 heterocycles. The summed E-state index contributed by atoms with van der Waals surface area (Å²) in [5.41, 5.74) is 2.12. The molecule has 0 saturated heterocycles. The van der Waals surface area contributed by atoms with Gasteiger partial charge >= 0.3 is 0 Å². The molecule has 0 atom stereocenters. The molecule has 3 heteroatoms. The molecule has 0 spiro atoms. The van der Waals surface area contributed by atoms with Gasteiger partial charge < -0.3 is 10.1 Å². The van der Waals surface area contributed by atoms with E-state index < -0.39 is 0 Å². The maximum atomic E-state index is 5.40. The van der Waals surface area contributed by atoms with E-state index in [9.17, 15) is 0 Å². The lowest BCUT2D eigenvalue weighted by atomic mass is 9.92. The molecular formula is C15H21NOS. The van der Waals surface area contributed by atoms with Gasteiger partial charge in [-0.2, -0.15) is 0 Å². The average molecular weight is 263 g/mol. The van der Waals surface area contributed by atoms with Crippen molar-refractivity contribution in [1.82, 2.24) is 5.32 Å². The van der Waals surface area contributed by atoms with Crippen LogP contribution in [0.2, 0.25) is 0 Å². The zero-order chi connectivity index (χ0) is 12.4. The highest BCUT2D eigenvalue weighted by Gasteiger charge is 2.45. The smallest absolute Gasteiger partial charge is 0.0650 e. The van der Waals surface area contributed by atoms with Gasteiger partial charge in [-0.05, 0) is 38.3 Å². The molecular weight excluding hydrogens is 242 g/mol. The van der Waals surface area contributed by atoms with Gasteiger partial charge in [-0.15, -0.1) is 11.3 Å². The third-order valence-electron chi connectivity index (χ3n) is 4.06. The monoisotopic (exact) mass is 263 g/mol. The molecule has 1 fully saturated rings. The minimum absolute atomic E-state index is 0.482. The topological polar surface area (TPSA) is 21.3 Å². The van der Waals surface area contributed by atoms with E-state index in [1.165, 1.54) is 22.6 Å². The highest BCUT2D eigenvalue weighted by molar-refractivity contribution is 7.11. The van der Waals surface area contributed by atoms with Crippen LogP contribution in [0.25, 0.3) is 0 Å². The molecule has 0 unspecified atom stereocenters. The molecule has 1 aromatic rings. The molecule has 1 saturated carbocycles. The lowest BCUT2D eigenvalue weighted by Gasteiger charge is -2.23. The molecule has 1 aromatic heterocycles. The standard InChI is InChI=1S/C15H21NOS/c1-12-2-3-14(18-12)10-16-11-15(6-7-15)13-4-8-17-9-5-13/h2-4,16H,5-11H2,1H3. The Kier molecular flexibility index (Phi) is 3.55. The second kappa shape index (κ2) is 5.16. The van der Waals surface area contributed by atoms with Crippen LogP contribution in [0, 0.1) is 12.3 Å². The molecule has 2 nitrogen and oxygen atoms in total. The number of nitrogens with one attached hydrogen (secondary N) is 1. The first kappa shape index (κ1) is 12.4. The molecule has 1 aliphatic heterocycles. The summed E-state index contributed by atoms with van der Waals surface area (Å²) in [5, 5.41) is 3.64. The van der Waals surface area contributed by atoms with Crippen LogP contribution in [-0.2, 0) is 11.3 Å². The van der Waals surface area contributed by atoms with Gasteiger partial charge in [0.1, 0.15) is 0 Å². The molecule has 0 bridgehead atoms. The Balaban J connectivity index is 1.52. The maximum Gasteiger partial charge on any atom is 0.0650 e. The fraction of sp³-hybridized carbons (Fsp3) is 0.600. The van der Waals surface area contributed by atoms with Crippen LogP contribution in [0.4, 0.5) is 0 Å². The summed E-state index contributed by atoms with van der Waals surface area (Å²) in [6.07, 6.45) is 6.16. The minimum Gasteiger partial charge on any atom is -0.377 e. The predicted molar refractivity (Wildman–Crippen MR) is 75.9 cm³/mol. The Morgan fingerprint density at radius 2 is 2.28 bits per heavy atom. The highest BCUT2D eigenvalue weighted by atomic mass is 32.1. The number of rotatable bonds is 5. The molecule has 2 aliphatic rings. The lowest BCUT2D eigenvalue weighted by Crippen LogP contribution is -2.26. The third kappa shape index (κ3) is 2.68. The van der Waals surface area contributed by atoms with Crippen LogP contribution < -0.4 is 5.32 Å². The van der Waals surface area contributed by atoms with Crippen molar-refractivity contribution >= 4 is 11.3 Å². The molecule has 1 aliphatic carbocycles. The first-order chi connectivity index (χ1) is 8.78. The summed E-state index contributed by atoms with van der Waals surface area (Å²) < 4.78 is 5.40. The van der Waals surface area contributed by atoms with E-state index in [2.05, 4.69) is 30.4 Å². The predicted octanol–water partition coefficient (Wildman–Crippen LogP) is 3.27. The van der Waals surface area contributed by atoms with E-state index in [0.717, 1.165) is 32.7 Å². The molecule has 0 radical (unpaired) electrons. The fourth-order valence-corrected chi connectivity index (χ4v) is 3.64. The SMILES string of the molecule is Cc1ccc(CNCC2(C3=CCOCC3)CC2)s1. The van der Waals surface area contributed by atoms with Crippen molar-refractivity contribution in [3.05, 3.63) is 33.5 Å². The number of aryl methyl sites for hydroxylation is 1. The van der Waals surface area contributed by atoms with Gasteiger partial charge in [0, 0.05) is 28.3 Å². The van der Waals surface area contributed by atoms with Crippen LogP contribution in [0.1, 0.15) is 29.0 Å². The maximum absolute atomic E-state index is 5.40. The van der Waals surface area contributed by atoms with Crippen molar-refractivity contribution in [1.29, 1.82) is 0 Å². The summed E-state index contributed by atoms with van der Waals surface area (Å²) in [5.74, 6) is 0. The van der Waals surface area contributed by atoms with Crippen molar-refractivity contribution < 1.29 is 4.74 Å². The van der Waals surface area contributed by atoms with Crippen LogP contribution in [-0.4, -0.2) is 19.8 Å². The molecule has 18 heavy (non-hydrogen) atoms. The number of hydrogen-bond donors (Lipinski definition) is 1. The Labute approximate surface area is 113 Å². The quantitative estimate of drug-likeness (QED) is 0.823. The fourth-order valence-electron chi connectivity index (χ4n) is 2.78. The number of hydrogen-bond acceptors (Lipinski definition) is 3. The van der Waals surface area contributed by atoms with E-state index in [1.54, 1.807) is 5.57 Å². The van der Waals surface area contributed by atoms with Crippen molar-refractivity contribution in [2.75, 3.05) is 19.8 Å². The van der Waals surface area contributed by atoms with E-state index in [1.807, 2.05) is 11.3 Å².